The van der Waals surface area contributed by atoms with Crippen LogP contribution < -0.4 is 0 Å². The molecule has 0 amide bonds. The number of aromatic nitrogens is 5. The monoisotopic (exact) mass is 577 g/mol. The van der Waals surface area contributed by atoms with Crippen molar-refractivity contribution in [3.63, 3.8) is 0 Å². The highest BCUT2D eigenvalue weighted by molar-refractivity contribution is 5.68. The first kappa shape index (κ1) is 30.4. The van der Waals surface area contributed by atoms with E-state index >= 15 is 0 Å². The minimum Gasteiger partial charge on any atom is -0.232 e. The van der Waals surface area contributed by atoms with Gasteiger partial charge < -0.3 is 0 Å². The van der Waals surface area contributed by atoms with Crippen molar-refractivity contribution in [3.8, 4) is 45.3 Å². The number of rotatable bonds is 4. The van der Waals surface area contributed by atoms with Crippen LogP contribution in [0.25, 0.3) is 45.3 Å². The molecule has 4 aromatic carbocycles. The molecular weight excluding hydrogens is 538 g/mol. The molecule has 220 valence electrons. The first-order valence-corrected chi connectivity index (χ1v) is 15.0. The van der Waals surface area contributed by atoms with Crippen molar-refractivity contribution in [2.45, 2.75) is 52.4 Å². The molecule has 0 atom stereocenters. The molecule has 0 aliphatic carbocycles. The third-order valence-electron chi connectivity index (χ3n) is 6.91. The predicted octanol–water partition coefficient (Wildman–Crippen LogP) is 9.61. The van der Waals surface area contributed by atoms with Crippen molar-refractivity contribution in [3.05, 3.63) is 139 Å². The molecule has 0 aliphatic rings. The molecule has 0 unspecified atom stereocenters. The number of nitrogens with zero attached hydrogens (tertiary/aromatic N) is 5. The van der Waals surface area contributed by atoms with E-state index in [1.807, 2.05) is 97.1 Å². The standard InChI is InChI=1S/C20H20N2.C19H19N3/c1-20(2,3)19-21-17(15-10-6-4-7-11-15)14-18(22-19)16-12-8-5-9-13-16;1-19(2,3)18-21-16(14-10-6-4-7-11-14)20-17(22-18)15-12-8-5-9-13-15/h4-14H,1-3H3;4-13H,1-3H3. The highest BCUT2D eigenvalue weighted by atomic mass is 15.0. The average molecular weight is 578 g/mol. The quantitative estimate of drug-likeness (QED) is 0.209. The summed E-state index contributed by atoms with van der Waals surface area (Å²) in [5.41, 5.74) is 5.98. The molecular formula is C39H39N5. The van der Waals surface area contributed by atoms with Crippen LogP contribution in [-0.2, 0) is 10.8 Å². The zero-order valence-corrected chi connectivity index (χ0v) is 26.4. The summed E-state index contributed by atoms with van der Waals surface area (Å²) in [5.74, 6) is 3.12. The predicted molar refractivity (Wildman–Crippen MR) is 181 cm³/mol. The zero-order chi connectivity index (χ0) is 31.2. The molecule has 6 rings (SSSR count). The largest absolute Gasteiger partial charge is 0.232 e. The van der Waals surface area contributed by atoms with Gasteiger partial charge in [-0.15, -0.1) is 0 Å². The summed E-state index contributed by atoms with van der Waals surface area (Å²) in [4.78, 5) is 23.6. The van der Waals surface area contributed by atoms with E-state index in [1.165, 1.54) is 0 Å². The molecule has 0 aliphatic heterocycles. The number of hydrogen-bond donors (Lipinski definition) is 0. The Morgan fingerprint density at radius 1 is 0.341 bits per heavy atom. The van der Waals surface area contributed by atoms with Crippen LogP contribution in [-0.4, -0.2) is 24.9 Å². The Balaban J connectivity index is 0.000000175. The molecule has 0 N–H and O–H groups in total. The maximum Gasteiger partial charge on any atom is 0.163 e. The Hall–Kier alpha value is -5.03. The van der Waals surface area contributed by atoms with Crippen molar-refractivity contribution < 1.29 is 0 Å². The molecule has 2 heterocycles. The fourth-order valence-electron chi connectivity index (χ4n) is 4.44. The normalized spacial score (nSPS) is 11.4. The Kier molecular flexibility index (Phi) is 9.05. The lowest BCUT2D eigenvalue weighted by molar-refractivity contribution is 0.543. The number of benzene rings is 4. The highest BCUT2D eigenvalue weighted by Gasteiger charge is 2.21. The fourth-order valence-corrected chi connectivity index (χ4v) is 4.44. The van der Waals surface area contributed by atoms with Gasteiger partial charge in [0.15, 0.2) is 11.6 Å². The Morgan fingerprint density at radius 3 is 0.955 bits per heavy atom. The minimum atomic E-state index is -0.129. The Labute approximate surface area is 261 Å². The van der Waals surface area contributed by atoms with Gasteiger partial charge in [0.25, 0.3) is 0 Å². The molecule has 0 bridgehead atoms. The van der Waals surface area contributed by atoms with E-state index in [0.29, 0.717) is 0 Å². The first-order chi connectivity index (χ1) is 21.1. The molecule has 6 aromatic rings. The van der Waals surface area contributed by atoms with Crippen LogP contribution in [0.3, 0.4) is 0 Å². The van der Waals surface area contributed by atoms with Crippen molar-refractivity contribution in [1.82, 2.24) is 24.9 Å². The smallest absolute Gasteiger partial charge is 0.163 e. The van der Waals surface area contributed by atoms with Gasteiger partial charge in [0.05, 0.1) is 11.4 Å². The van der Waals surface area contributed by atoms with Crippen molar-refractivity contribution in [2.24, 2.45) is 0 Å². The van der Waals surface area contributed by atoms with E-state index in [-0.39, 0.29) is 10.8 Å². The topological polar surface area (TPSA) is 64.5 Å². The van der Waals surface area contributed by atoms with Crippen molar-refractivity contribution in [2.75, 3.05) is 0 Å². The SMILES string of the molecule is CC(C)(C)c1nc(-c2ccccc2)cc(-c2ccccc2)n1.CC(C)(C)c1nc(-c2ccccc2)nc(-c2ccccc2)n1. The summed E-state index contributed by atoms with van der Waals surface area (Å²) in [5, 5.41) is 0. The van der Waals surface area contributed by atoms with E-state index < -0.39 is 0 Å². The van der Waals surface area contributed by atoms with E-state index in [1.54, 1.807) is 0 Å². The van der Waals surface area contributed by atoms with Crippen LogP contribution in [0.15, 0.2) is 127 Å². The lowest BCUT2D eigenvalue weighted by Gasteiger charge is -2.19. The van der Waals surface area contributed by atoms with Crippen LogP contribution in [0.4, 0.5) is 0 Å². The zero-order valence-electron chi connectivity index (χ0n) is 26.4. The summed E-state index contributed by atoms with van der Waals surface area (Å²) in [7, 11) is 0. The fraction of sp³-hybridized carbons (Fsp3) is 0.205. The summed E-state index contributed by atoms with van der Waals surface area (Å²) < 4.78 is 0. The van der Waals surface area contributed by atoms with Crippen LogP contribution in [0, 0.1) is 0 Å². The van der Waals surface area contributed by atoms with Gasteiger partial charge in [-0.25, -0.2) is 24.9 Å². The molecule has 5 heteroatoms. The minimum absolute atomic E-state index is 0.0890. The van der Waals surface area contributed by atoms with Gasteiger partial charge in [-0.05, 0) is 6.07 Å². The molecule has 0 saturated heterocycles. The molecule has 0 fully saturated rings. The van der Waals surface area contributed by atoms with E-state index in [9.17, 15) is 0 Å². The van der Waals surface area contributed by atoms with Gasteiger partial charge in [0.1, 0.15) is 11.6 Å². The number of hydrogen-bond acceptors (Lipinski definition) is 5. The van der Waals surface area contributed by atoms with Gasteiger partial charge in [-0.1, -0.05) is 163 Å². The van der Waals surface area contributed by atoms with Crippen LogP contribution >= 0.6 is 0 Å². The summed E-state index contributed by atoms with van der Waals surface area (Å²) in [6.07, 6.45) is 0. The molecule has 44 heavy (non-hydrogen) atoms. The van der Waals surface area contributed by atoms with E-state index in [0.717, 1.165) is 56.9 Å². The lowest BCUT2D eigenvalue weighted by Crippen LogP contribution is -2.18. The van der Waals surface area contributed by atoms with Crippen LogP contribution in [0.2, 0.25) is 0 Å². The molecule has 5 nitrogen and oxygen atoms in total. The third-order valence-corrected chi connectivity index (χ3v) is 6.91. The maximum absolute atomic E-state index is 4.79. The highest BCUT2D eigenvalue weighted by Crippen LogP contribution is 2.28. The second kappa shape index (κ2) is 13.1. The molecule has 0 spiro atoms. The lowest BCUT2D eigenvalue weighted by atomic mass is 9.94. The Morgan fingerprint density at radius 2 is 0.636 bits per heavy atom. The summed E-state index contributed by atoms with van der Waals surface area (Å²) in [6.45, 7) is 12.8. The maximum atomic E-state index is 4.79. The van der Waals surface area contributed by atoms with Gasteiger partial charge in [0, 0.05) is 33.1 Å². The van der Waals surface area contributed by atoms with Gasteiger partial charge >= 0.3 is 0 Å². The van der Waals surface area contributed by atoms with Gasteiger partial charge in [-0.2, -0.15) is 0 Å². The summed E-state index contributed by atoms with van der Waals surface area (Å²) >= 11 is 0. The average Bonchev–Trinajstić information content (AvgIpc) is 3.05. The Bertz CT molecular complexity index is 1540. The van der Waals surface area contributed by atoms with Crippen molar-refractivity contribution in [1.29, 1.82) is 0 Å². The summed E-state index contributed by atoms with van der Waals surface area (Å²) in [6, 6.07) is 42.7. The first-order valence-electron chi connectivity index (χ1n) is 15.0. The molecule has 0 radical (unpaired) electrons. The van der Waals surface area contributed by atoms with Crippen LogP contribution in [0.1, 0.15) is 53.2 Å². The van der Waals surface area contributed by atoms with E-state index in [2.05, 4.69) is 86.8 Å². The van der Waals surface area contributed by atoms with Gasteiger partial charge in [0.2, 0.25) is 0 Å². The molecule has 2 aromatic heterocycles. The molecule has 0 saturated carbocycles. The van der Waals surface area contributed by atoms with E-state index in [4.69, 9.17) is 9.97 Å². The second-order valence-electron chi connectivity index (χ2n) is 12.7. The van der Waals surface area contributed by atoms with Gasteiger partial charge in [-0.3, -0.25) is 0 Å². The van der Waals surface area contributed by atoms with Crippen molar-refractivity contribution >= 4 is 0 Å². The van der Waals surface area contributed by atoms with Crippen LogP contribution in [0.5, 0.6) is 0 Å². The second-order valence-corrected chi connectivity index (χ2v) is 12.7. The third kappa shape index (κ3) is 7.67.